The van der Waals surface area contributed by atoms with E-state index in [0.717, 1.165) is 13.0 Å². The van der Waals surface area contributed by atoms with Gasteiger partial charge in [0.15, 0.2) is 0 Å². The van der Waals surface area contributed by atoms with Crippen molar-refractivity contribution < 1.29 is 9.53 Å². The summed E-state index contributed by atoms with van der Waals surface area (Å²) >= 11 is 0. The lowest BCUT2D eigenvalue weighted by Gasteiger charge is -2.16. The Hall–Kier alpha value is -0.650. The Morgan fingerprint density at radius 1 is 1.32 bits per heavy atom. The van der Waals surface area contributed by atoms with Gasteiger partial charge in [0.1, 0.15) is 0 Å². The Balaban J connectivity index is 3.57. The van der Waals surface area contributed by atoms with Crippen LogP contribution in [0.5, 0.6) is 0 Å². The monoisotopic (exact) mass is 273 g/mol. The van der Waals surface area contributed by atoms with Crippen molar-refractivity contribution in [2.75, 3.05) is 46.9 Å². The topological polar surface area (TPSA) is 67.6 Å². The lowest BCUT2D eigenvalue weighted by molar-refractivity contribution is -0.122. The Morgan fingerprint density at radius 2 is 2.00 bits per heavy atom. The zero-order valence-electron chi connectivity index (χ0n) is 12.9. The van der Waals surface area contributed by atoms with E-state index in [2.05, 4.69) is 24.1 Å². The first kappa shape index (κ1) is 18.4. The lowest BCUT2D eigenvalue weighted by atomic mass is 9.94. The van der Waals surface area contributed by atoms with E-state index >= 15 is 0 Å². The van der Waals surface area contributed by atoms with Crippen LogP contribution in [0.2, 0.25) is 0 Å². The number of nitrogens with two attached hydrogens (primary N) is 1. The van der Waals surface area contributed by atoms with Gasteiger partial charge in [-0.15, -0.1) is 0 Å². The summed E-state index contributed by atoms with van der Waals surface area (Å²) in [4.78, 5) is 13.8. The van der Waals surface area contributed by atoms with Gasteiger partial charge >= 0.3 is 0 Å². The molecule has 1 atom stereocenters. The molecule has 5 heteroatoms. The molecular weight excluding hydrogens is 242 g/mol. The molecule has 0 radical (unpaired) electrons. The Morgan fingerprint density at radius 3 is 2.53 bits per heavy atom. The number of nitrogens with one attached hydrogen (secondary N) is 1. The van der Waals surface area contributed by atoms with Crippen molar-refractivity contribution in [1.82, 2.24) is 10.2 Å². The number of ether oxygens (including phenoxy) is 1. The quantitative estimate of drug-likeness (QED) is 0.544. The smallest absolute Gasteiger partial charge is 0.220 e. The van der Waals surface area contributed by atoms with E-state index in [4.69, 9.17) is 10.5 Å². The van der Waals surface area contributed by atoms with Crippen molar-refractivity contribution in [2.45, 2.75) is 26.7 Å². The van der Waals surface area contributed by atoms with Crippen LogP contribution >= 0.6 is 0 Å². The summed E-state index contributed by atoms with van der Waals surface area (Å²) in [6, 6.07) is 0. The van der Waals surface area contributed by atoms with Crippen LogP contribution in [-0.4, -0.2) is 57.8 Å². The number of hydrogen-bond acceptors (Lipinski definition) is 4. The van der Waals surface area contributed by atoms with Gasteiger partial charge in [0.05, 0.1) is 13.2 Å². The highest BCUT2D eigenvalue weighted by Gasteiger charge is 2.13. The molecule has 3 N–H and O–H groups in total. The second-order valence-electron chi connectivity index (χ2n) is 5.70. The van der Waals surface area contributed by atoms with E-state index in [1.54, 1.807) is 0 Å². The maximum atomic E-state index is 11.7. The van der Waals surface area contributed by atoms with Crippen LogP contribution in [0.15, 0.2) is 0 Å². The van der Waals surface area contributed by atoms with Crippen molar-refractivity contribution in [1.29, 1.82) is 0 Å². The van der Waals surface area contributed by atoms with Gasteiger partial charge in [-0.2, -0.15) is 0 Å². The summed E-state index contributed by atoms with van der Waals surface area (Å²) in [5.74, 6) is 0.942. The normalized spacial score (nSPS) is 13.0. The molecule has 0 unspecified atom stereocenters. The third-order valence-corrected chi connectivity index (χ3v) is 2.86. The predicted octanol–water partition coefficient (Wildman–Crippen LogP) is 0.692. The van der Waals surface area contributed by atoms with Crippen LogP contribution in [-0.2, 0) is 9.53 Å². The van der Waals surface area contributed by atoms with Crippen molar-refractivity contribution in [2.24, 2.45) is 17.6 Å². The molecule has 0 bridgehead atoms. The molecule has 0 aliphatic rings. The molecule has 0 saturated carbocycles. The minimum atomic E-state index is 0.0762. The molecule has 0 aromatic rings. The van der Waals surface area contributed by atoms with Gasteiger partial charge in [-0.25, -0.2) is 0 Å². The summed E-state index contributed by atoms with van der Waals surface area (Å²) in [6.07, 6.45) is 1.52. The first-order chi connectivity index (χ1) is 8.95. The van der Waals surface area contributed by atoms with Crippen LogP contribution in [0.4, 0.5) is 0 Å². The summed E-state index contributed by atoms with van der Waals surface area (Å²) in [7, 11) is 4.01. The molecule has 0 saturated heterocycles. The average Bonchev–Trinajstić information content (AvgIpc) is 2.31. The van der Waals surface area contributed by atoms with E-state index in [1.807, 2.05) is 14.1 Å². The lowest BCUT2D eigenvalue weighted by Crippen LogP contribution is -2.31. The predicted molar refractivity (Wildman–Crippen MR) is 79.0 cm³/mol. The summed E-state index contributed by atoms with van der Waals surface area (Å²) < 4.78 is 5.41. The molecule has 1 amide bonds. The Labute approximate surface area is 117 Å². The van der Waals surface area contributed by atoms with Crippen LogP contribution in [0.25, 0.3) is 0 Å². The van der Waals surface area contributed by atoms with Crippen LogP contribution in [0, 0.1) is 11.8 Å². The standard InChI is InChI=1S/C14H31N3O2/c1-12(2)9-13(11-15)10-14(18)16-5-7-19-8-6-17(3)4/h12-13H,5-11,15H2,1-4H3,(H,16,18)/t13-/m0/s1. The first-order valence-corrected chi connectivity index (χ1v) is 7.15. The number of amides is 1. The largest absolute Gasteiger partial charge is 0.378 e. The van der Waals surface area contributed by atoms with Crippen LogP contribution in [0.3, 0.4) is 0 Å². The van der Waals surface area contributed by atoms with E-state index in [9.17, 15) is 4.79 Å². The molecule has 19 heavy (non-hydrogen) atoms. The fourth-order valence-electron chi connectivity index (χ4n) is 1.88. The van der Waals surface area contributed by atoms with E-state index in [0.29, 0.717) is 38.6 Å². The number of likely N-dealkylation sites (N-methyl/N-ethyl adjacent to an activating group) is 1. The van der Waals surface area contributed by atoms with Gasteiger partial charge in [-0.05, 0) is 38.9 Å². The third-order valence-electron chi connectivity index (χ3n) is 2.86. The van der Waals surface area contributed by atoms with Crippen molar-refractivity contribution in [3.05, 3.63) is 0 Å². The molecule has 0 aliphatic heterocycles. The zero-order chi connectivity index (χ0) is 14.7. The highest BCUT2D eigenvalue weighted by molar-refractivity contribution is 5.76. The molecule has 5 nitrogen and oxygen atoms in total. The van der Waals surface area contributed by atoms with Gasteiger partial charge in [-0.3, -0.25) is 4.79 Å². The minimum Gasteiger partial charge on any atom is -0.378 e. The second kappa shape index (κ2) is 11.2. The van der Waals surface area contributed by atoms with Crippen LogP contribution < -0.4 is 11.1 Å². The fraction of sp³-hybridized carbons (Fsp3) is 0.929. The van der Waals surface area contributed by atoms with Crippen molar-refractivity contribution in [3.63, 3.8) is 0 Å². The number of carbonyl (C=O) groups excluding carboxylic acids is 1. The maximum absolute atomic E-state index is 11.7. The van der Waals surface area contributed by atoms with Crippen molar-refractivity contribution >= 4 is 5.91 Å². The van der Waals surface area contributed by atoms with E-state index in [1.165, 1.54) is 0 Å². The second-order valence-corrected chi connectivity index (χ2v) is 5.70. The summed E-state index contributed by atoms with van der Waals surface area (Å²) in [5.41, 5.74) is 5.68. The van der Waals surface area contributed by atoms with Crippen molar-refractivity contribution in [3.8, 4) is 0 Å². The minimum absolute atomic E-state index is 0.0762. The maximum Gasteiger partial charge on any atom is 0.220 e. The summed E-state index contributed by atoms with van der Waals surface area (Å²) in [6.45, 7) is 7.62. The van der Waals surface area contributed by atoms with Gasteiger partial charge in [0, 0.05) is 19.5 Å². The molecular formula is C14H31N3O2. The van der Waals surface area contributed by atoms with Crippen LogP contribution in [0.1, 0.15) is 26.7 Å². The number of hydrogen-bond donors (Lipinski definition) is 2. The number of nitrogens with zero attached hydrogens (tertiary/aromatic N) is 1. The van der Waals surface area contributed by atoms with E-state index in [-0.39, 0.29) is 11.8 Å². The molecule has 0 heterocycles. The highest BCUT2D eigenvalue weighted by Crippen LogP contribution is 2.13. The Kier molecular flexibility index (Phi) is 10.8. The fourth-order valence-corrected chi connectivity index (χ4v) is 1.88. The zero-order valence-corrected chi connectivity index (χ0v) is 12.9. The molecule has 0 fully saturated rings. The van der Waals surface area contributed by atoms with Gasteiger partial charge < -0.3 is 20.7 Å². The SMILES string of the molecule is CC(C)C[C@H](CN)CC(=O)NCCOCCN(C)C. The Bertz CT molecular complexity index is 233. The highest BCUT2D eigenvalue weighted by atomic mass is 16.5. The third kappa shape index (κ3) is 12.1. The number of carbonyl (C=O) groups is 1. The molecule has 0 spiro atoms. The van der Waals surface area contributed by atoms with E-state index < -0.39 is 0 Å². The molecule has 0 aliphatic carbocycles. The summed E-state index contributed by atoms with van der Waals surface area (Å²) in [5, 5.41) is 2.88. The molecule has 0 rings (SSSR count). The molecule has 0 aromatic heterocycles. The average molecular weight is 273 g/mol. The number of rotatable bonds is 11. The van der Waals surface area contributed by atoms with Gasteiger partial charge in [0.2, 0.25) is 5.91 Å². The molecule has 0 aromatic carbocycles. The van der Waals surface area contributed by atoms with Gasteiger partial charge in [0.25, 0.3) is 0 Å². The molecule has 114 valence electrons. The first-order valence-electron chi connectivity index (χ1n) is 7.15. The van der Waals surface area contributed by atoms with Gasteiger partial charge in [-0.1, -0.05) is 13.8 Å².